The van der Waals surface area contributed by atoms with E-state index in [1.807, 2.05) is 0 Å². The fourth-order valence-corrected chi connectivity index (χ4v) is 4.20. The number of H-pyrrole nitrogens is 1. The molecule has 1 N–H and O–H groups in total. The van der Waals surface area contributed by atoms with Crippen molar-refractivity contribution in [3.05, 3.63) is 77.8 Å². The molecule has 0 bridgehead atoms. The summed E-state index contributed by atoms with van der Waals surface area (Å²) in [6.45, 7) is -2.78. The Kier molecular flexibility index (Phi) is 5.13. The Morgan fingerprint density at radius 1 is 1.22 bits per heavy atom. The molecule has 0 radical (unpaired) electrons. The van der Waals surface area contributed by atoms with Crippen LogP contribution in [0.1, 0.15) is 33.8 Å². The van der Waals surface area contributed by atoms with Gasteiger partial charge in [-0.15, -0.1) is 10.2 Å². The molecule has 14 heteroatoms. The Morgan fingerprint density at radius 3 is 2.94 bits per heavy atom. The standard InChI is InChI=1S/C22H15F3N8O3/c23-11-3-1-6-26-16(11)19-29-30-20(36-19)21(34)32-8-5-12-17(28-10-27-12)18(32)13-9-14-15(35-22(24)25)4-2-7-33(14)31-13/h1-4,6-7,9-10,18,22H,5,8H2,(H,27,28)/t18-/m0/s1. The molecule has 6 heterocycles. The average Bonchev–Trinajstić information content (AvgIpc) is 3.62. The molecule has 0 aliphatic carbocycles. The Bertz CT molecular complexity index is 1580. The number of fused-ring (bicyclic) bond motifs is 2. The molecular weight excluding hydrogens is 481 g/mol. The lowest BCUT2D eigenvalue weighted by molar-refractivity contribution is -0.0490. The topological polar surface area (TPSA) is 127 Å². The van der Waals surface area contributed by atoms with Gasteiger partial charge < -0.3 is 19.0 Å². The smallest absolute Gasteiger partial charge is 0.387 e. The summed E-state index contributed by atoms with van der Waals surface area (Å²) in [4.78, 5) is 26.2. The van der Waals surface area contributed by atoms with Crippen LogP contribution in [-0.4, -0.2) is 58.7 Å². The Labute approximate surface area is 199 Å². The van der Waals surface area contributed by atoms with Crippen molar-refractivity contribution in [1.29, 1.82) is 0 Å². The van der Waals surface area contributed by atoms with Crippen molar-refractivity contribution in [1.82, 2.24) is 39.7 Å². The number of nitrogens with zero attached hydrogens (tertiary/aromatic N) is 7. The molecule has 5 aromatic heterocycles. The van der Waals surface area contributed by atoms with Crippen LogP contribution in [0.4, 0.5) is 13.2 Å². The molecule has 0 saturated heterocycles. The van der Waals surface area contributed by atoms with E-state index in [4.69, 9.17) is 4.42 Å². The molecule has 1 aliphatic rings. The molecule has 0 spiro atoms. The van der Waals surface area contributed by atoms with Crippen molar-refractivity contribution < 1.29 is 27.1 Å². The summed E-state index contributed by atoms with van der Waals surface area (Å²) in [5.74, 6) is -1.99. The van der Waals surface area contributed by atoms with E-state index in [2.05, 4.69) is 35.0 Å². The van der Waals surface area contributed by atoms with Gasteiger partial charge in [-0.25, -0.2) is 18.9 Å². The average molecular weight is 496 g/mol. The maximum atomic E-state index is 14.1. The molecule has 0 aromatic carbocycles. The third kappa shape index (κ3) is 3.62. The number of carbonyl (C=O) groups is 1. The maximum absolute atomic E-state index is 14.1. The number of nitrogens with one attached hydrogen (secondary N) is 1. The first-order valence-electron chi connectivity index (χ1n) is 10.7. The number of halogens is 3. The van der Waals surface area contributed by atoms with Crippen LogP contribution in [0.2, 0.25) is 0 Å². The van der Waals surface area contributed by atoms with Gasteiger partial charge in [-0.1, -0.05) is 0 Å². The van der Waals surface area contributed by atoms with E-state index in [0.29, 0.717) is 17.8 Å². The second kappa shape index (κ2) is 8.48. The van der Waals surface area contributed by atoms with Gasteiger partial charge in [-0.2, -0.15) is 13.9 Å². The molecule has 5 aromatic rings. The number of imidazole rings is 1. The molecule has 1 amide bonds. The number of hydrogen-bond acceptors (Lipinski definition) is 8. The van der Waals surface area contributed by atoms with Crippen LogP contribution >= 0.6 is 0 Å². The molecule has 11 nitrogen and oxygen atoms in total. The van der Waals surface area contributed by atoms with Gasteiger partial charge in [-0.3, -0.25) is 4.79 Å². The van der Waals surface area contributed by atoms with E-state index in [9.17, 15) is 18.0 Å². The lowest BCUT2D eigenvalue weighted by Gasteiger charge is -2.32. The first-order valence-corrected chi connectivity index (χ1v) is 10.7. The molecule has 1 atom stereocenters. The second-order valence-electron chi connectivity index (χ2n) is 7.81. The zero-order valence-corrected chi connectivity index (χ0v) is 18.2. The zero-order chi connectivity index (χ0) is 24.8. The number of amides is 1. The van der Waals surface area contributed by atoms with Gasteiger partial charge in [-0.05, 0) is 30.3 Å². The van der Waals surface area contributed by atoms with Crippen LogP contribution in [0.5, 0.6) is 5.75 Å². The maximum Gasteiger partial charge on any atom is 0.387 e. The van der Waals surface area contributed by atoms with E-state index in [-0.39, 0.29) is 35.3 Å². The van der Waals surface area contributed by atoms with E-state index >= 15 is 0 Å². The number of alkyl halides is 2. The highest BCUT2D eigenvalue weighted by Crippen LogP contribution is 2.35. The summed E-state index contributed by atoms with van der Waals surface area (Å²) >= 11 is 0. The van der Waals surface area contributed by atoms with Crippen molar-refractivity contribution in [3.63, 3.8) is 0 Å². The molecular formula is C22H15F3N8O3. The van der Waals surface area contributed by atoms with Gasteiger partial charge in [0.05, 0.1) is 17.7 Å². The molecule has 182 valence electrons. The Hall–Kier alpha value is -4.75. The number of pyridine rings is 2. The van der Waals surface area contributed by atoms with Gasteiger partial charge in [0, 0.05) is 31.1 Å². The van der Waals surface area contributed by atoms with Crippen LogP contribution in [0, 0.1) is 5.82 Å². The molecule has 36 heavy (non-hydrogen) atoms. The highest BCUT2D eigenvalue weighted by molar-refractivity contribution is 5.90. The van der Waals surface area contributed by atoms with Crippen molar-refractivity contribution >= 4 is 11.4 Å². The summed E-state index contributed by atoms with van der Waals surface area (Å²) in [7, 11) is 0. The first kappa shape index (κ1) is 21.8. The highest BCUT2D eigenvalue weighted by atomic mass is 19.3. The largest absolute Gasteiger partial charge is 0.433 e. The van der Waals surface area contributed by atoms with Crippen molar-refractivity contribution in [2.75, 3.05) is 6.54 Å². The number of rotatable bonds is 5. The van der Waals surface area contributed by atoms with Crippen LogP contribution in [0.3, 0.4) is 0 Å². The zero-order valence-electron chi connectivity index (χ0n) is 18.2. The monoisotopic (exact) mass is 496 g/mol. The minimum absolute atomic E-state index is 0.0684. The predicted octanol–water partition coefficient (Wildman–Crippen LogP) is 3.03. The van der Waals surface area contributed by atoms with E-state index in [1.54, 1.807) is 12.3 Å². The van der Waals surface area contributed by atoms with Crippen molar-refractivity contribution in [2.45, 2.75) is 19.1 Å². The van der Waals surface area contributed by atoms with Crippen LogP contribution in [0.25, 0.3) is 17.1 Å². The van der Waals surface area contributed by atoms with E-state index < -0.39 is 24.4 Å². The normalized spacial score (nSPS) is 15.4. The number of carbonyl (C=O) groups excluding carboxylic acids is 1. The van der Waals surface area contributed by atoms with Gasteiger partial charge in [0.1, 0.15) is 11.6 Å². The molecule has 0 fully saturated rings. The van der Waals surface area contributed by atoms with Gasteiger partial charge >= 0.3 is 18.4 Å². The van der Waals surface area contributed by atoms with Crippen LogP contribution < -0.4 is 4.74 Å². The van der Waals surface area contributed by atoms with E-state index in [1.165, 1.54) is 46.2 Å². The fourth-order valence-electron chi connectivity index (χ4n) is 4.20. The molecule has 0 saturated carbocycles. The minimum atomic E-state index is -3.02. The van der Waals surface area contributed by atoms with Gasteiger partial charge in [0.2, 0.25) is 0 Å². The third-order valence-electron chi connectivity index (χ3n) is 5.73. The van der Waals surface area contributed by atoms with Crippen molar-refractivity contribution in [2.24, 2.45) is 0 Å². The SMILES string of the molecule is O=C(c1nnc(-c2ncccc2F)o1)N1CCc2[nH]cnc2[C@@H]1c1cc2c(OC(F)F)cccn2n1. The van der Waals surface area contributed by atoms with Crippen molar-refractivity contribution in [3.8, 4) is 17.3 Å². The molecule has 6 rings (SSSR count). The summed E-state index contributed by atoms with van der Waals surface area (Å²) in [6.07, 6.45) is 4.89. The quantitative estimate of drug-likeness (QED) is 0.393. The van der Waals surface area contributed by atoms with Gasteiger partial charge in [0.25, 0.3) is 5.89 Å². The predicted molar refractivity (Wildman–Crippen MR) is 114 cm³/mol. The first-order chi connectivity index (χ1) is 17.5. The fraction of sp³-hybridized carbons (Fsp3) is 0.182. The number of aromatic amines is 1. The van der Waals surface area contributed by atoms with E-state index in [0.717, 1.165) is 5.69 Å². The Balaban J connectivity index is 1.40. The second-order valence-corrected chi connectivity index (χ2v) is 7.81. The number of aromatic nitrogens is 7. The number of hydrogen-bond donors (Lipinski definition) is 1. The summed E-state index contributed by atoms with van der Waals surface area (Å²) in [6, 6.07) is 6.26. The third-order valence-corrected chi connectivity index (χ3v) is 5.73. The lowest BCUT2D eigenvalue weighted by atomic mass is 9.99. The number of ether oxygens (including phenoxy) is 1. The summed E-state index contributed by atoms with van der Waals surface area (Å²) < 4.78 is 51.4. The summed E-state index contributed by atoms with van der Waals surface area (Å²) in [5.41, 5.74) is 1.79. The summed E-state index contributed by atoms with van der Waals surface area (Å²) in [5, 5.41) is 12.1. The molecule has 0 unspecified atom stereocenters. The lowest BCUT2D eigenvalue weighted by Crippen LogP contribution is -2.41. The van der Waals surface area contributed by atoms with Crippen LogP contribution in [-0.2, 0) is 6.42 Å². The minimum Gasteiger partial charge on any atom is -0.433 e. The highest BCUT2D eigenvalue weighted by Gasteiger charge is 2.38. The molecule has 1 aliphatic heterocycles. The Morgan fingerprint density at radius 2 is 2.11 bits per heavy atom. The van der Waals surface area contributed by atoms with Crippen LogP contribution in [0.15, 0.2) is 53.5 Å². The van der Waals surface area contributed by atoms with Gasteiger partial charge in [0.15, 0.2) is 17.3 Å².